The van der Waals surface area contributed by atoms with Crippen LogP contribution in [0.1, 0.15) is 36.3 Å². The summed E-state index contributed by atoms with van der Waals surface area (Å²) in [7, 11) is 0. The molecule has 1 heterocycles. The van der Waals surface area contributed by atoms with E-state index in [2.05, 4.69) is 28.1 Å². The second-order valence-corrected chi connectivity index (χ2v) is 7.93. The third kappa shape index (κ3) is 2.82. The summed E-state index contributed by atoms with van der Waals surface area (Å²) in [6, 6.07) is 16.0. The number of carbonyl (C=O) groups excluding carboxylic acids is 2. The van der Waals surface area contributed by atoms with Crippen molar-refractivity contribution in [2.45, 2.75) is 32.1 Å². The molecule has 1 saturated carbocycles. The maximum absolute atomic E-state index is 13.0. The summed E-state index contributed by atoms with van der Waals surface area (Å²) in [5.74, 6) is -0.0294. The topological polar surface area (TPSA) is 37.4 Å². The Morgan fingerprint density at radius 1 is 0.960 bits per heavy atom. The maximum atomic E-state index is 13.0. The minimum absolute atomic E-state index is 0.0248. The zero-order valence-corrected chi connectivity index (χ0v) is 15.7. The summed E-state index contributed by atoms with van der Waals surface area (Å²) in [5, 5.41) is 0. The van der Waals surface area contributed by atoms with Crippen LogP contribution in [0.2, 0.25) is 0 Å². The molecule has 128 valence electrons. The van der Waals surface area contributed by atoms with Crippen molar-refractivity contribution in [1.29, 1.82) is 0 Å². The Hall–Kier alpha value is -1.94. The molecule has 1 aliphatic carbocycles. The molecule has 4 rings (SSSR count). The summed E-state index contributed by atoms with van der Waals surface area (Å²) < 4.78 is 0.983. The lowest BCUT2D eigenvalue weighted by molar-refractivity contribution is -0.122. The van der Waals surface area contributed by atoms with Crippen LogP contribution >= 0.6 is 15.9 Å². The van der Waals surface area contributed by atoms with Gasteiger partial charge in [-0.3, -0.25) is 14.5 Å². The van der Waals surface area contributed by atoms with Crippen LogP contribution in [0.5, 0.6) is 0 Å². The molecule has 25 heavy (non-hydrogen) atoms. The Labute approximate surface area is 156 Å². The van der Waals surface area contributed by atoms with Crippen molar-refractivity contribution in [2.24, 2.45) is 11.8 Å². The fourth-order valence-corrected chi connectivity index (χ4v) is 4.48. The number of hydrogen-bond acceptors (Lipinski definition) is 2. The summed E-state index contributed by atoms with van der Waals surface area (Å²) in [5.41, 5.74) is 3.00. The van der Waals surface area contributed by atoms with Crippen LogP contribution in [0.4, 0.5) is 5.69 Å². The van der Waals surface area contributed by atoms with E-state index in [4.69, 9.17) is 0 Å². The van der Waals surface area contributed by atoms with Gasteiger partial charge in [0.05, 0.1) is 17.5 Å². The minimum atomic E-state index is -0.185. The van der Waals surface area contributed by atoms with E-state index in [1.807, 2.05) is 43.3 Å². The van der Waals surface area contributed by atoms with Crippen LogP contribution in [0, 0.1) is 18.8 Å². The molecule has 0 N–H and O–H groups in total. The van der Waals surface area contributed by atoms with Crippen LogP contribution in [0.15, 0.2) is 53.0 Å². The number of fused-ring (bicyclic) bond motifs is 1. The van der Waals surface area contributed by atoms with Crippen molar-refractivity contribution in [2.75, 3.05) is 4.90 Å². The Balaban J connectivity index is 1.61. The molecular weight excluding hydrogens is 378 g/mol. The van der Waals surface area contributed by atoms with Gasteiger partial charge in [0, 0.05) is 4.47 Å². The molecule has 1 aliphatic heterocycles. The van der Waals surface area contributed by atoms with Crippen molar-refractivity contribution in [3.63, 3.8) is 0 Å². The van der Waals surface area contributed by atoms with Gasteiger partial charge in [-0.25, -0.2) is 0 Å². The highest BCUT2D eigenvalue weighted by atomic mass is 79.9. The average molecular weight is 398 g/mol. The molecule has 1 saturated heterocycles. The zero-order valence-electron chi connectivity index (χ0n) is 14.1. The lowest BCUT2D eigenvalue weighted by Crippen LogP contribution is -2.30. The fraction of sp³-hybridized carbons (Fsp3) is 0.333. The third-order valence-corrected chi connectivity index (χ3v) is 6.49. The van der Waals surface area contributed by atoms with Gasteiger partial charge in [-0.2, -0.15) is 0 Å². The highest BCUT2D eigenvalue weighted by Gasteiger charge is 2.50. The number of nitrogens with zero attached hydrogens (tertiary/aromatic N) is 1. The van der Waals surface area contributed by atoms with E-state index in [-0.39, 0.29) is 23.7 Å². The molecule has 3 atom stereocenters. The van der Waals surface area contributed by atoms with Crippen LogP contribution < -0.4 is 4.90 Å². The molecule has 0 spiro atoms. The first kappa shape index (κ1) is 16.5. The van der Waals surface area contributed by atoms with Crippen molar-refractivity contribution in [1.82, 2.24) is 0 Å². The smallest absolute Gasteiger partial charge is 0.237 e. The number of aryl methyl sites for hydroxylation is 1. The highest BCUT2D eigenvalue weighted by Crippen LogP contribution is 2.45. The van der Waals surface area contributed by atoms with Crippen LogP contribution in [-0.4, -0.2) is 11.8 Å². The Kier molecular flexibility index (Phi) is 4.24. The molecule has 0 aromatic heterocycles. The number of hydrogen-bond donors (Lipinski definition) is 0. The number of carbonyl (C=O) groups is 2. The predicted molar refractivity (Wildman–Crippen MR) is 101 cm³/mol. The van der Waals surface area contributed by atoms with Gasteiger partial charge in [-0.05, 0) is 61.4 Å². The molecule has 2 aromatic rings. The molecule has 2 amide bonds. The largest absolute Gasteiger partial charge is 0.274 e. The third-order valence-electron chi connectivity index (χ3n) is 5.60. The molecule has 3 nitrogen and oxygen atoms in total. The van der Waals surface area contributed by atoms with Crippen molar-refractivity contribution in [3.8, 4) is 0 Å². The summed E-state index contributed by atoms with van der Waals surface area (Å²) in [4.78, 5) is 27.3. The zero-order chi connectivity index (χ0) is 17.6. The first-order chi connectivity index (χ1) is 12.1. The normalized spacial score (nSPS) is 26.0. The lowest BCUT2D eigenvalue weighted by atomic mass is 9.73. The van der Waals surface area contributed by atoms with Gasteiger partial charge in [0.2, 0.25) is 11.8 Å². The Morgan fingerprint density at radius 3 is 2.40 bits per heavy atom. The average Bonchev–Trinajstić information content (AvgIpc) is 2.89. The number of rotatable bonds is 2. The van der Waals surface area contributed by atoms with E-state index in [1.165, 1.54) is 10.5 Å². The number of imide groups is 1. The van der Waals surface area contributed by atoms with Gasteiger partial charge in [-0.1, -0.05) is 46.3 Å². The van der Waals surface area contributed by atoms with Gasteiger partial charge in [-0.15, -0.1) is 0 Å². The molecule has 2 aliphatic rings. The van der Waals surface area contributed by atoms with E-state index < -0.39 is 0 Å². The van der Waals surface area contributed by atoms with E-state index >= 15 is 0 Å². The SMILES string of the molecule is Cc1cc(N2C(=O)C3CCC(c4ccccc4)CC3C2=O)ccc1Br. The Morgan fingerprint density at radius 2 is 1.68 bits per heavy atom. The van der Waals surface area contributed by atoms with Crippen LogP contribution in [0.25, 0.3) is 0 Å². The first-order valence-electron chi connectivity index (χ1n) is 8.75. The second kappa shape index (κ2) is 6.41. The first-order valence-corrected chi connectivity index (χ1v) is 9.54. The van der Waals surface area contributed by atoms with Crippen molar-refractivity contribution >= 4 is 33.4 Å². The van der Waals surface area contributed by atoms with E-state index in [9.17, 15) is 9.59 Å². The second-order valence-electron chi connectivity index (χ2n) is 7.08. The molecule has 0 radical (unpaired) electrons. The number of benzene rings is 2. The summed E-state index contributed by atoms with van der Waals surface area (Å²) in [6.45, 7) is 1.97. The van der Waals surface area contributed by atoms with E-state index in [0.29, 0.717) is 11.6 Å². The van der Waals surface area contributed by atoms with Gasteiger partial charge < -0.3 is 0 Å². The van der Waals surface area contributed by atoms with Gasteiger partial charge in [0.15, 0.2) is 0 Å². The molecule has 0 bridgehead atoms. The Bertz CT molecular complexity index is 833. The van der Waals surface area contributed by atoms with Crippen LogP contribution in [-0.2, 0) is 9.59 Å². The fourth-order valence-electron chi connectivity index (χ4n) is 4.23. The van der Waals surface area contributed by atoms with Crippen molar-refractivity contribution < 1.29 is 9.59 Å². The maximum Gasteiger partial charge on any atom is 0.237 e. The molecule has 3 unspecified atom stereocenters. The minimum Gasteiger partial charge on any atom is -0.274 e. The van der Waals surface area contributed by atoms with Crippen molar-refractivity contribution in [3.05, 3.63) is 64.1 Å². The monoisotopic (exact) mass is 397 g/mol. The number of halogens is 1. The van der Waals surface area contributed by atoms with E-state index in [0.717, 1.165) is 29.3 Å². The summed E-state index contributed by atoms with van der Waals surface area (Å²) in [6.07, 6.45) is 2.53. The highest BCUT2D eigenvalue weighted by molar-refractivity contribution is 9.10. The summed E-state index contributed by atoms with van der Waals surface area (Å²) >= 11 is 3.47. The van der Waals surface area contributed by atoms with E-state index in [1.54, 1.807) is 0 Å². The lowest BCUT2D eigenvalue weighted by Gasteiger charge is -2.28. The molecule has 2 aromatic carbocycles. The van der Waals surface area contributed by atoms with Crippen LogP contribution in [0.3, 0.4) is 0 Å². The van der Waals surface area contributed by atoms with Gasteiger partial charge >= 0.3 is 0 Å². The quantitative estimate of drug-likeness (QED) is 0.680. The van der Waals surface area contributed by atoms with Gasteiger partial charge in [0.1, 0.15) is 0 Å². The predicted octanol–water partition coefficient (Wildman–Crippen LogP) is 4.83. The van der Waals surface area contributed by atoms with Gasteiger partial charge in [0.25, 0.3) is 0 Å². The molecular formula is C21H20BrNO2. The molecule has 2 fully saturated rings. The standard InChI is InChI=1S/C21H20BrNO2/c1-13-11-16(8-10-19(13)22)23-20(24)17-9-7-15(12-18(17)21(23)25)14-5-3-2-4-6-14/h2-6,8,10-11,15,17-18H,7,9,12H2,1H3. The number of anilines is 1. The molecule has 4 heteroatoms. The number of amides is 2.